The van der Waals surface area contributed by atoms with Crippen molar-refractivity contribution >= 4 is 9.84 Å². The Hall–Kier alpha value is -0.910. The van der Waals surface area contributed by atoms with Gasteiger partial charge in [-0.15, -0.1) is 0 Å². The Balaban J connectivity index is 2.63. The van der Waals surface area contributed by atoms with Crippen LogP contribution in [0.2, 0.25) is 0 Å². The number of hydrogen-bond acceptors (Lipinski definition) is 4. The van der Waals surface area contributed by atoms with E-state index in [0.29, 0.717) is 6.54 Å². The molecule has 2 N–H and O–H groups in total. The second-order valence-corrected chi connectivity index (χ2v) is 6.55. The highest BCUT2D eigenvalue weighted by Crippen LogP contribution is 2.12. The van der Waals surface area contributed by atoms with Crippen LogP contribution in [0.15, 0.2) is 24.3 Å². The van der Waals surface area contributed by atoms with Crippen molar-refractivity contribution in [2.75, 3.05) is 18.8 Å². The number of benzene rings is 1. The van der Waals surface area contributed by atoms with Crippen molar-refractivity contribution in [2.24, 2.45) is 0 Å². The molecule has 0 bridgehead atoms. The molecule has 0 aliphatic carbocycles. The second-order valence-electron chi connectivity index (χ2n) is 4.44. The predicted molar refractivity (Wildman–Crippen MR) is 73.2 cm³/mol. The molecule has 0 aliphatic rings. The van der Waals surface area contributed by atoms with Crippen molar-refractivity contribution in [3.8, 4) is 0 Å². The number of aryl methyl sites for hydroxylation is 1. The van der Waals surface area contributed by atoms with Crippen LogP contribution in [0.25, 0.3) is 0 Å². The molecule has 4 nitrogen and oxygen atoms in total. The largest absolute Gasteiger partial charge is 0.391 e. The summed E-state index contributed by atoms with van der Waals surface area (Å²) in [5.41, 5.74) is 1.76. The van der Waals surface area contributed by atoms with E-state index in [1.54, 1.807) is 0 Å². The van der Waals surface area contributed by atoms with E-state index in [0.717, 1.165) is 17.7 Å². The summed E-state index contributed by atoms with van der Waals surface area (Å²) in [6, 6.07) is 7.40. The SMILES string of the molecule is CCNCC(O)CS(=O)(=O)Cc1ccccc1C. The summed E-state index contributed by atoms with van der Waals surface area (Å²) in [5, 5.41) is 12.6. The van der Waals surface area contributed by atoms with Crippen LogP contribution < -0.4 is 5.32 Å². The summed E-state index contributed by atoms with van der Waals surface area (Å²) in [4.78, 5) is 0. The first kappa shape index (κ1) is 15.1. The van der Waals surface area contributed by atoms with E-state index in [9.17, 15) is 13.5 Å². The fraction of sp³-hybridized carbons (Fsp3) is 0.538. The Morgan fingerprint density at radius 2 is 2.00 bits per heavy atom. The third-order valence-electron chi connectivity index (χ3n) is 2.71. The van der Waals surface area contributed by atoms with Crippen LogP contribution in [0.4, 0.5) is 0 Å². The van der Waals surface area contributed by atoms with Crippen molar-refractivity contribution in [1.29, 1.82) is 0 Å². The zero-order valence-corrected chi connectivity index (χ0v) is 11.7. The van der Waals surface area contributed by atoms with Gasteiger partial charge in [0.15, 0.2) is 9.84 Å². The molecule has 1 aromatic rings. The summed E-state index contributed by atoms with van der Waals surface area (Å²) in [7, 11) is -3.28. The Bertz CT molecular complexity index is 471. The average molecular weight is 271 g/mol. The van der Waals surface area contributed by atoms with E-state index < -0.39 is 15.9 Å². The van der Waals surface area contributed by atoms with E-state index in [-0.39, 0.29) is 11.5 Å². The molecule has 0 spiro atoms. The van der Waals surface area contributed by atoms with Crippen molar-refractivity contribution in [3.63, 3.8) is 0 Å². The lowest BCUT2D eigenvalue weighted by Crippen LogP contribution is -2.32. The lowest BCUT2D eigenvalue weighted by Gasteiger charge is -2.12. The van der Waals surface area contributed by atoms with Crippen molar-refractivity contribution in [3.05, 3.63) is 35.4 Å². The maximum absolute atomic E-state index is 11.9. The number of aliphatic hydroxyl groups is 1. The van der Waals surface area contributed by atoms with Crippen LogP contribution in [0.1, 0.15) is 18.1 Å². The Morgan fingerprint density at radius 3 is 2.61 bits per heavy atom. The summed E-state index contributed by atoms with van der Waals surface area (Å²) >= 11 is 0. The smallest absolute Gasteiger partial charge is 0.157 e. The van der Waals surface area contributed by atoms with Crippen LogP contribution in [-0.4, -0.2) is 38.5 Å². The third-order valence-corrected chi connectivity index (χ3v) is 4.36. The number of rotatable bonds is 7. The Morgan fingerprint density at radius 1 is 1.33 bits per heavy atom. The third kappa shape index (κ3) is 5.16. The van der Waals surface area contributed by atoms with Gasteiger partial charge in [-0.1, -0.05) is 31.2 Å². The minimum absolute atomic E-state index is 0.0111. The standard InChI is InChI=1S/C13H21NO3S/c1-3-14-8-13(15)10-18(16,17)9-12-7-5-4-6-11(12)2/h4-7,13-15H,3,8-10H2,1-2H3. The van der Waals surface area contributed by atoms with Gasteiger partial charge in [-0.25, -0.2) is 8.42 Å². The molecule has 1 atom stereocenters. The highest BCUT2D eigenvalue weighted by Gasteiger charge is 2.18. The first-order valence-corrected chi connectivity index (χ1v) is 7.90. The second kappa shape index (κ2) is 6.87. The van der Waals surface area contributed by atoms with Crippen LogP contribution in [0, 0.1) is 6.92 Å². The van der Waals surface area contributed by atoms with Gasteiger partial charge in [-0.3, -0.25) is 0 Å². The normalized spacial score (nSPS) is 13.5. The molecular weight excluding hydrogens is 250 g/mol. The molecular formula is C13H21NO3S. The number of sulfone groups is 1. The topological polar surface area (TPSA) is 66.4 Å². The van der Waals surface area contributed by atoms with E-state index in [1.807, 2.05) is 38.1 Å². The van der Waals surface area contributed by atoms with Crippen molar-refractivity contribution < 1.29 is 13.5 Å². The van der Waals surface area contributed by atoms with E-state index in [1.165, 1.54) is 0 Å². The molecule has 5 heteroatoms. The van der Waals surface area contributed by atoms with Gasteiger partial charge in [0.1, 0.15) is 0 Å². The molecule has 0 aliphatic heterocycles. The van der Waals surface area contributed by atoms with E-state index in [2.05, 4.69) is 5.32 Å². The number of nitrogens with one attached hydrogen (secondary N) is 1. The maximum atomic E-state index is 11.9. The van der Waals surface area contributed by atoms with Gasteiger partial charge in [-0.2, -0.15) is 0 Å². The zero-order valence-electron chi connectivity index (χ0n) is 10.9. The summed E-state index contributed by atoms with van der Waals surface area (Å²) in [6.45, 7) is 4.83. The lowest BCUT2D eigenvalue weighted by molar-refractivity contribution is 0.194. The monoisotopic (exact) mass is 271 g/mol. The summed E-state index contributed by atoms with van der Waals surface area (Å²) in [5.74, 6) is -0.211. The molecule has 0 saturated carbocycles. The molecule has 1 unspecified atom stereocenters. The molecule has 0 heterocycles. The molecule has 0 saturated heterocycles. The minimum Gasteiger partial charge on any atom is -0.391 e. The number of hydrogen-bond donors (Lipinski definition) is 2. The van der Waals surface area contributed by atoms with Crippen LogP contribution in [0.3, 0.4) is 0 Å². The molecule has 18 heavy (non-hydrogen) atoms. The van der Waals surface area contributed by atoms with Gasteiger partial charge in [0.2, 0.25) is 0 Å². The molecule has 0 aromatic heterocycles. The van der Waals surface area contributed by atoms with Gasteiger partial charge in [0, 0.05) is 6.54 Å². The molecule has 0 amide bonds. The molecule has 1 rings (SSSR count). The van der Waals surface area contributed by atoms with Crippen molar-refractivity contribution in [2.45, 2.75) is 25.7 Å². The molecule has 1 aromatic carbocycles. The number of likely N-dealkylation sites (N-methyl/N-ethyl adjacent to an activating group) is 1. The summed E-state index contributed by atoms with van der Waals surface area (Å²) in [6.07, 6.45) is -0.848. The zero-order chi connectivity index (χ0) is 13.6. The van der Waals surface area contributed by atoms with Gasteiger partial charge in [0.25, 0.3) is 0 Å². The van der Waals surface area contributed by atoms with Gasteiger partial charge >= 0.3 is 0 Å². The average Bonchev–Trinajstić information content (AvgIpc) is 2.28. The minimum atomic E-state index is -3.28. The predicted octanol–water partition coefficient (Wildman–Crippen LogP) is 0.880. The molecule has 0 radical (unpaired) electrons. The fourth-order valence-electron chi connectivity index (χ4n) is 1.73. The Kier molecular flexibility index (Phi) is 5.78. The first-order chi connectivity index (χ1) is 8.44. The van der Waals surface area contributed by atoms with E-state index >= 15 is 0 Å². The Labute approximate surface area is 109 Å². The van der Waals surface area contributed by atoms with E-state index in [4.69, 9.17) is 0 Å². The van der Waals surface area contributed by atoms with Crippen LogP contribution >= 0.6 is 0 Å². The first-order valence-electron chi connectivity index (χ1n) is 6.08. The quantitative estimate of drug-likeness (QED) is 0.772. The highest BCUT2D eigenvalue weighted by molar-refractivity contribution is 7.90. The number of aliphatic hydroxyl groups excluding tert-OH is 1. The van der Waals surface area contributed by atoms with Gasteiger partial charge in [-0.05, 0) is 24.6 Å². The van der Waals surface area contributed by atoms with Gasteiger partial charge in [0.05, 0.1) is 17.6 Å². The molecule has 0 fully saturated rings. The summed E-state index contributed by atoms with van der Waals surface area (Å²) < 4.78 is 23.9. The van der Waals surface area contributed by atoms with Crippen LogP contribution in [0.5, 0.6) is 0 Å². The maximum Gasteiger partial charge on any atom is 0.157 e. The molecule has 102 valence electrons. The lowest BCUT2D eigenvalue weighted by atomic mass is 10.1. The van der Waals surface area contributed by atoms with Crippen molar-refractivity contribution in [1.82, 2.24) is 5.32 Å². The van der Waals surface area contributed by atoms with Crippen LogP contribution in [-0.2, 0) is 15.6 Å². The fourth-order valence-corrected chi connectivity index (χ4v) is 3.35. The highest BCUT2D eigenvalue weighted by atomic mass is 32.2. The van der Waals surface area contributed by atoms with Gasteiger partial charge < -0.3 is 10.4 Å².